The second-order valence-electron chi connectivity index (χ2n) is 0.634. The van der Waals surface area contributed by atoms with Crippen molar-refractivity contribution in [3.05, 3.63) is 0 Å². The molecule has 0 aromatic rings. The predicted molar refractivity (Wildman–Crippen MR) is 28.2 cm³/mol. The van der Waals surface area contributed by atoms with Gasteiger partial charge in [-0.1, -0.05) is 0 Å². The molecule has 0 N–H and O–H groups in total. The molecule has 0 rings (SSSR count). The Morgan fingerprint density at radius 2 is 1.50 bits per heavy atom. The number of hydrogen-bond donors (Lipinski definition) is 0. The molecule has 0 spiro atoms. The van der Waals surface area contributed by atoms with Crippen molar-refractivity contribution >= 4 is 34.7 Å². The fraction of sp³-hybridized carbons (Fsp3) is 0.500. The molecule has 0 aliphatic rings. The van der Waals surface area contributed by atoms with Gasteiger partial charge in [-0.05, 0) is 6.92 Å². The maximum atomic E-state index is 8.89. The molecule has 0 aromatic heterocycles. The first-order valence-corrected chi connectivity index (χ1v) is 10.2. The first-order chi connectivity index (χ1) is 3.46. The molecule has 0 saturated heterocycles. The van der Waals surface area contributed by atoms with E-state index in [1.165, 1.54) is 0 Å². The molecule has 0 radical (unpaired) electrons. The van der Waals surface area contributed by atoms with E-state index < -0.39 is 19.4 Å². The van der Waals surface area contributed by atoms with E-state index in [-0.39, 0.29) is 0 Å². The van der Waals surface area contributed by atoms with Crippen LogP contribution >= 0.6 is 28.8 Å². The summed E-state index contributed by atoms with van der Waals surface area (Å²) in [6.07, 6.45) is 0. The molecule has 0 aromatic carbocycles. The summed E-state index contributed by atoms with van der Waals surface area (Å²) in [5.74, 6) is -1.08. The Balaban J connectivity index is 0. The van der Waals surface area contributed by atoms with Crippen LogP contribution in [-0.4, -0.2) is 5.97 Å². The summed E-state index contributed by atoms with van der Waals surface area (Å²) in [5.41, 5.74) is 0. The second-order valence-corrected chi connectivity index (χ2v) is 11.0. The van der Waals surface area contributed by atoms with E-state index in [4.69, 9.17) is 38.7 Å². The number of carboxylic acids is 1. The van der Waals surface area contributed by atoms with Crippen molar-refractivity contribution in [2.45, 2.75) is 6.92 Å². The Morgan fingerprint density at radius 1 is 1.50 bits per heavy atom. The molecular formula is C2H3Cl3IrO2. The van der Waals surface area contributed by atoms with E-state index in [0.717, 1.165) is 6.92 Å². The molecule has 0 heterocycles. The predicted octanol–water partition coefficient (Wildman–Crippen LogP) is 0.822. The maximum absolute atomic E-state index is 8.89. The van der Waals surface area contributed by atoms with Crippen molar-refractivity contribution in [1.82, 2.24) is 0 Å². The van der Waals surface area contributed by atoms with Crippen LogP contribution in [0.15, 0.2) is 0 Å². The molecule has 0 atom stereocenters. The van der Waals surface area contributed by atoms with Gasteiger partial charge in [0.15, 0.2) is 0 Å². The van der Waals surface area contributed by atoms with Crippen molar-refractivity contribution in [3.63, 3.8) is 0 Å². The molecule has 8 heavy (non-hydrogen) atoms. The Labute approximate surface area is 64.9 Å². The fourth-order valence-electron chi connectivity index (χ4n) is 0. The van der Waals surface area contributed by atoms with Crippen LogP contribution < -0.4 is 5.11 Å². The zero-order chi connectivity index (χ0) is 7.15. The first kappa shape index (κ1) is 11.7. The molecule has 0 amide bonds. The van der Waals surface area contributed by atoms with Crippen molar-refractivity contribution in [3.8, 4) is 0 Å². The number of aliphatic carboxylic acids is 1. The number of carbonyl (C=O) groups is 1. The Hall–Kier alpha value is 0.989. The third kappa shape index (κ3) is 256. The van der Waals surface area contributed by atoms with Gasteiger partial charge in [0.05, 0.1) is 0 Å². The van der Waals surface area contributed by atoms with Crippen LogP contribution in [0.25, 0.3) is 0 Å². The summed E-state index contributed by atoms with van der Waals surface area (Å²) in [7, 11) is 14.9. The standard InChI is InChI=1S/C2H4O2.3ClH.Ir/c1-2(3)4;;;;/h1H3,(H,3,4);3*1H;/q;;;;+4/p-4. The summed E-state index contributed by atoms with van der Waals surface area (Å²) >= 11 is -1.92. The molecule has 6 heteroatoms. The van der Waals surface area contributed by atoms with Crippen molar-refractivity contribution < 1.29 is 23.4 Å². The minimum absolute atomic E-state index is 0.972. The van der Waals surface area contributed by atoms with Crippen LogP contribution in [0.4, 0.5) is 0 Å². The van der Waals surface area contributed by atoms with E-state index >= 15 is 0 Å². The van der Waals surface area contributed by atoms with Crippen molar-refractivity contribution in [1.29, 1.82) is 0 Å². The van der Waals surface area contributed by atoms with Gasteiger partial charge in [0.1, 0.15) is 0 Å². The zero-order valence-corrected chi connectivity index (χ0v) is 8.45. The molecule has 0 bridgehead atoms. The van der Waals surface area contributed by atoms with Gasteiger partial charge in [0.25, 0.3) is 0 Å². The number of hydrogen-bond acceptors (Lipinski definition) is 2. The average molecular weight is 358 g/mol. The van der Waals surface area contributed by atoms with Gasteiger partial charge in [-0.15, -0.1) is 0 Å². The minimum atomic E-state index is -1.92. The SMILES string of the molecule is CC(=O)[O-].[Cl][Ir+]([Cl])[Cl]. The second kappa shape index (κ2) is 7.99. The first-order valence-electron chi connectivity index (χ1n) is 1.29. The number of carboxylic acid groups (broad SMARTS) is 1. The van der Waals surface area contributed by atoms with E-state index in [2.05, 4.69) is 0 Å². The summed E-state index contributed by atoms with van der Waals surface area (Å²) in [6.45, 7) is 0.972. The van der Waals surface area contributed by atoms with Crippen LogP contribution in [0.3, 0.4) is 0 Å². The Kier molecular flexibility index (Phi) is 11.7. The van der Waals surface area contributed by atoms with Gasteiger partial charge in [-0.25, -0.2) is 0 Å². The summed E-state index contributed by atoms with van der Waals surface area (Å²) < 4.78 is 0. The number of halogens is 3. The molecular weight excluding hydrogens is 355 g/mol. The normalized spacial score (nSPS) is 8.75. The van der Waals surface area contributed by atoms with Crippen LogP contribution in [-0.2, 0) is 18.3 Å². The number of carbonyl (C=O) groups excluding carboxylic acids is 1. The third-order valence-corrected chi connectivity index (χ3v) is 0. The van der Waals surface area contributed by atoms with Crippen molar-refractivity contribution in [2.75, 3.05) is 0 Å². The molecule has 0 saturated carbocycles. The van der Waals surface area contributed by atoms with Gasteiger partial charge in [-0.3, -0.25) is 0 Å². The van der Waals surface area contributed by atoms with Gasteiger partial charge in [-0.2, -0.15) is 0 Å². The van der Waals surface area contributed by atoms with Crippen molar-refractivity contribution in [2.24, 2.45) is 0 Å². The van der Waals surface area contributed by atoms with Crippen LogP contribution in [0.1, 0.15) is 6.92 Å². The van der Waals surface area contributed by atoms with Crippen LogP contribution in [0.2, 0.25) is 0 Å². The molecule has 53 valence electrons. The summed E-state index contributed by atoms with van der Waals surface area (Å²) in [5, 5.41) is 8.89. The van der Waals surface area contributed by atoms with Crippen LogP contribution in [0.5, 0.6) is 0 Å². The average Bonchev–Trinajstić information content (AvgIpc) is 1.25. The fourth-order valence-corrected chi connectivity index (χ4v) is 0. The Morgan fingerprint density at radius 3 is 1.50 bits per heavy atom. The molecule has 0 unspecified atom stereocenters. The van der Waals surface area contributed by atoms with E-state index in [1.54, 1.807) is 0 Å². The van der Waals surface area contributed by atoms with Gasteiger partial charge in [0.2, 0.25) is 0 Å². The van der Waals surface area contributed by atoms with Crippen LogP contribution in [0, 0.1) is 0 Å². The van der Waals surface area contributed by atoms with Gasteiger partial charge in [0, 0.05) is 5.97 Å². The number of rotatable bonds is 0. The quantitative estimate of drug-likeness (QED) is 0.644. The topological polar surface area (TPSA) is 40.1 Å². The molecule has 0 aliphatic carbocycles. The van der Waals surface area contributed by atoms with E-state index in [1.807, 2.05) is 0 Å². The Bertz CT molecular complexity index is 59.5. The zero-order valence-electron chi connectivity index (χ0n) is 3.78. The molecule has 0 fully saturated rings. The van der Waals surface area contributed by atoms with E-state index in [9.17, 15) is 0 Å². The molecule has 0 aliphatic heterocycles. The van der Waals surface area contributed by atoms with E-state index in [0.29, 0.717) is 0 Å². The van der Waals surface area contributed by atoms with Gasteiger partial charge < -0.3 is 9.90 Å². The summed E-state index contributed by atoms with van der Waals surface area (Å²) in [6, 6.07) is 0. The molecule has 2 nitrogen and oxygen atoms in total. The third-order valence-electron chi connectivity index (χ3n) is 0. The van der Waals surface area contributed by atoms with Gasteiger partial charge >= 0.3 is 42.2 Å². The summed E-state index contributed by atoms with van der Waals surface area (Å²) in [4.78, 5) is 8.89. The monoisotopic (exact) mass is 357 g/mol.